The van der Waals surface area contributed by atoms with Gasteiger partial charge < -0.3 is 10.1 Å². The van der Waals surface area contributed by atoms with Crippen molar-refractivity contribution < 1.29 is 9.53 Å². The first-order valence-electron chi connectivity index (χ1n) is 7.15. The van der Waals surface area contributed by atoms with Crippen molar-refractivity contribution in [1.82, 2.24) is 0 Å². The van der Waals surface area contributed by atoms with Gasteiger partial charge in [-0.2, -0.15) is 0 Å². The molecule has 0 heterocycles. The van der Waals surface area contributed by atoms with Gasteiger partial charge in [-0.3, -0.25) is 4.79 Å². The monoisotopic (exact) mass is 347 g/mol. The molecule has 1 amide bonds. The molecule has 21 heavy (non-hydrogen) atoms. The predicted molar refractivity (Wildman–Crippen MR) is 88.5 cm³/mol. The lowest BCUT2D eigenvalue weighted by atomic mass is 9.77. The molecule has 1 fully saturated rings. The second-order valence-corrected chi connectivity index (χ2v) is 6.59. The number of halogens is 1. The van der Waals surface area contributed by atoms with E-state index in [0.29, 0.717) is 6.42 Å². The molecule has 0 unspecified atom stereocenters. The van der Waals surface area contributed by atoms with Gasteiger partial charge in [-0.15, -0.1) is 0 Å². The Hall–Kier alpha value is -1.39. The highest BCUT2D eigenvalue weighted by Gasteiger charge is 2.38. The van der Waals surface area contributed by atoms with Crippen LogP contribution in [0.15, 0.2) is 40.9 Å². The fourth-order valence-corrected chi connectivity index (χ4v) is 3.20. The quantitative estimate of drug-likeness (QED) is 0.884. The summed E-state index contributed by atoms with van der Waals surface area (Å²) in [4.78, 5) is 12.2. The first kappa shape index (κ1) is 14.5. The first-order chi connectivity index (χ1) is 10.1. The standard InChI is InChI=1S/C17H18BrNO2/c1-21-17(7-2-8-17)11-16(20)19-15-6-4-12-9-14(18)5-3-13(12)10-15/h3-6,9-10H,2,7-8,11H2,1H3,(H,19,20). The summed E-state index contributed by atoms with van der Waals surface area (Å²) in [6, 6.07) is 12.1. The molecule has 0 bridgehead atoms. The average Bonchev–Trinajstić information content (AvgIpc) is 2.43. The van der Waals surface area contributed by atoms with Crippen LogP contribution in [-0.4, -0.2) is 18.6 Å². The number of amides is 1. The third kappa shape index (κ3) is 3.11. The van der Waals surface area contributed by atoms with Crippen LogP contribution in [0, 0.1) is 0 Å². The molecular formula is C17H18BrNO2. The van der Waals surface area contributed by atoms with Crippen LogP contribution < -0.4 is 5.32 Å². The zero-order chi connectivity index (χ0) is 14.9. The molecule has 0 radical (unpaired) electrons. The van der Waals surface area contributed by atoms with Gasteiger partial charge >= 0.3 is 0 Å². The summed E-state index contributed by atoms with van der Waals surface area (Å²) in [7, 11) is 1.69. The first-order valence-corrected chi connectivity index (χ1v) is 7.94. The van der Waals surface area contributed by atoms with Gasteiger partial charge in [-0.25, -0.2) is 0 Å². The third-order valence-corrected chi connectivity index (χ3v) is 4.76. The molecule has 2 aromatic carbocycles. The Morgan fingerprint density at radius 1 is 1.24 bits per heavy atom. The van der Waals surface area contributed by atoms with Crippen molar-refractivity contribution in [1.29, 1.82) is 0 Å². The Morgan fingerprint density at radius 3 is 2.62 bits per heavy atom. The van der Waals surface area contributed by atoms with E-state index in [1.165, 1.54) is 0 Å². The molecule has 0 atom stereocenters. The number of anilines is 1. The number of hydrogen-bond acceptors (Lipinski definition) is 2. The largest absolute Gasteiger partial charge is 0.378 e. The van der Waals surface area contributed by atoms with Crippen LogP contribution in [0.5, 0.6) is 0 Å². The van der Waals surface area contributed by atoms with Crippen LogP contribution in [0.2, 0.25) is 0 Å². The van der Waals surface area contributed by atoms with Crippen LogP contribution in [0.25, 0.3) is 10.8 Å². The van der Waals surface area contributed by atoms with Gasteiger partial charge in [0, 0.05) is 17.3 Å². The fourth-order valence-electron chi connectivity index (χ4n) is 2.82. The zero-order valence-electron chi connectivity index (χ0n) is 12.0. The van der Waals surface area contributed by atoms with Gasteiger partial charge in [0.25, 0.3) is 0 Å². The van der Waals surface area contributed by atoms with Gasteiger partial charge in [-0.05, 0) is 54.3 Å². The van der Waals surface area contributed by atoms with E-state index in [4.69, 9.17) is 4.74 Å². The van der Waals surface area contributed by atoms with Crippen molar-refractivity contribution in [3.8, 4) is 0 Å². The topological polar surface area (TPSA) is 38.3 Å². The molecule has 1 aliphatic rings. The fraction of sp³-hybridized carbons (Fsp3) is 0.353. The zero-order valence-corrected chi connectivity index (χ0v) is 13.6. The number of carbonyl (C=O) groups is 1. The molecule has 4 heteroatoms. The number of hydrogen-bond donors (Lipinski definition) is 1. The van der Waals surface area contributed by atoms with E-state index in [0.717, 1.165) is 40.2 Å². The van der Waals surface area contributed by atoms with E-state index >= 15 is 0 Å². The minimum absolute atomic E-state index is 0.0213. The van der Waals surface area contributed by atoms with Gasteiger partial charge in [0.15, 0.2) is 0 Å². The summed E-state index contributed by atoms with van der Waals surface area (Å²) in [6.07, 6.45) is 3.53. The Morgan fingerprint density at radius 2 is 1.95 bits per heavy atom. The number of ether oxygens (including phenoxy) is 1. The van der Waals surface area contributed by atoms with E-state index in [2.05, 4.69) is 27.3 Å². The van der Waals surface area contributed by atoms with Gasteiger partial charge in [0.1, 0.15) is 0 Å². The summed E-state index contributed by atoms with van der Waals surface area (Å²) in [6.45, 7) is 0. The number of fused-ring (bicyclic) bond motifs is 1. The minimum atomic E-state index is -0.230. The van der Waals surface area contributed by atoms with Crippen molar-refractivity contribution in [2.24, 2.45) is 0 Å². The lowest BCUT2D eigenvalue weighted by Gasteiger charge is -2.39. The van der Waals surface area contributed by atoms with Crippen molar-refractivity contribution in [2.45, 2.75) is 31.3 Å². The molecule has 3 nitrogen and oxygen atoms in total. The Kier molecular flexibility index (Phi) is 4.00. The maximum atomic E-state index is 12.2. The predicted octanol–water partition coefficient (Wildman–Crippen LogP) is 4.50. The van der Waals surface area contributed by atoms with Gasteiger partial charge in [-0.1, -0.05) is 28.1 Å². The maximum Gasteiger partial charge on any atom is 0.227 e. The second-order valence-electron chi connectivity index (χ2n) is 5.67. The molecule has 0 spiro atoms. The van der Waals surface area contributed by atoms with Crippen LogP contribution in [0.4, 0.5) is 5.69 Å². The Bertz CT molecular complexity index is 674. The molecule has 1 saturated carbocycles. The van der Waals surface area contributed by atoms with Crippen LogP contribution >= 0.6 is 15.9 Å². The highest BCUT2D eigenvalue weighted by atomic mass is 79.9. The summed E-state index contributed by atoms with van der Waals surface area (Å²) >= 11 is 3.46. The van der Waals surface area contributed by atoms with E-state index < -0.39 is 0 Å². The molecule has 3 rings (SSSR count). The van der Waals surface area contributed by atoms with Crippen molar-refractivity contribution in [2.75, 3.05) is 12.4 Å². The average molecular weight is 348 g/mol. The SMILES string of the molecule is COC1(CC(=O)Nc2ccc3cc(Br)ccc3c2)CCC1. The molecule has 0 saturated heterocycles. The summed E-state index contributed by atoms with van der Waals surface area (Å²) in [5.41, 5.74) is 0.603. The molecular weight excluding hydrogens is 330 g/mol. The molecule has 2 aromatic rings. The Balaban J connectivity index is 1.72. The molecule has 1 N–H and O–H groups in total. The maximum absolute atomic E-state index is 12.2. The number of carbonyl (C=O) groups excluding carboxylic acids is 1. The normalized spacial score (nSPS) is 16.5. The van der Waals surface area contributed by atoms with Crippen LogP contribution in [0.1, 0.15) is 25.7 Å². The van der Waals surface area contributed by atoms with E-state index in [1.54, 1.807) is 7.11 Å². The third-order valence-electron chi connectivity index (χ3n) is 4.27. The number of rotatable bonds is 4. The van der Waals surface area contributed by atoms with Gasteiger partial charge in [0.2, 0.25) is 5.91 Å². The smallest absolute Gasteiger partial charge is 0.227 e. The highest BCUT2D eigenvalue weighted by molar-refractivity contribution is 9.10. The lowest BCUT2D eigenvalue weighted by molar-refractivity contribution is -0.129. The summed E-state index contributed by atoms with van der Waals surface area (Å²) in [5.74, 6) is 0.0213. The minimum Gasteiger partial charge on any atom is -0.378 e. The van der Waals surface area contributed by atoms with E-state index in [-0.39, 0.29) is 11.5 Å². The number of benzene rings is 2. The number of nitrogens with one attached hydrogen (secondary N) is 1. The lowest BCUT2D eigenvalue weighted by Crippen LogP contribution is -2.42. The number of methoxy groups -OCH3 is 1. The van der Waals surface area contributed by atoms with Crippen molar-refractivity contribution in [3.05, 3.63) is 40.9 Å². The van der Waals surface area contributed by atoms with Crippen molar-refractivity contribution in [3.63, 3.8) is 0 Å². The Labute approximate surface area is 132 Å². The van der Waals surface area contributed by atoms with E-state index in [1.807, 2.05) is 30.3 Å². The second kappa shape index (κ2) is 5.78. The summed E-state index contributed by atoms with van der Waals surface area (Å²) in [5, 5.41) is 5.24. The van der Waals surface area contributed by atoms with Crippen molar-refractivity contribution >= 4 is 38.3 Å². The molecule has 0 aliphatic heterocycles. The molecule has 110 valence electrons. The molecule has 1 aliphatic carbocycles. The molecule has 0 aromatic heterocycles. The highest BCUT2D eigenvalue weighted by Crippen LogP contribution is 2.38. The summed E-state index contributed by atoms with van der Waals surface area (Å²) < 4.78 is 6.55. The van der Waals surface area contributed by atoms with Crippen LogP contribution in [-0.2, 0) is 9.53 Å². The van der Waals surface area contributed by atoms with E-state index in [9.17, 15) is 4.79 Å². The van der Waals surface area contributed by atoms with Crippen LogP contribution in [0.3, 0.4) is 0 Å². The van der Waals surface area contributed by atoms with Gasteiger partial charge in [0.05, 0.1) is 12.0 Å².